The molecule has 0 amide bonds. The van der Waals surface area contributed by atoms with Gasteiger partial charge in [-0.05, 0) is 0 Å². The van der Waals surface area contributed by atoms with Crippen molar-refractivity contribution < 1.29 is 24.3 Å². The first kappa shape index (κ1) is 31.7. The molecule has 56 heavy (non-hydrogen) atoms. The average molecular weight is 826 g/mol. The van der Waals surface area contributed by atoms with Gasteiger partial charge in [0.25, 0.3) is 0 Å². The summed E-state index contributed by atoms with van der Waals surface area (Å²) in [6.45, 7) is 0. The van der Waals surface area contributed by atoms with Crippen molar-refractivity contribution in [2.24, 2.45) is 4.99 Å². The third-order valence-electron chi connectivity index (χ3n) is 11.5. The number of hydrogen-bond acceptors (Lipinski definition) is 1. The topological polar surface area (TPSA) is 20.3 Å². The van der Waals surface area contributed by atoms with Crippen LogP contribution in [0.15, 0.2) is 199 Å². The summed E-state index contributed by atoms with van der Waals surface area (Å²) in [5.41, 5.74) is 7.13. The molecule has 3 nitrogen and oxygen atoms in total. The van der Waals surface area contributed by atoms with E-state index < -0.39 is 21.5 Å². The fraction of sp³-hybridized carbons (Fsp3) is 0. The Morgan fingerprint density at radius 3 is 1.71 bits per heavy atom. The van der Waals surface area contributed by atoms with Crippen LogP contribution in [0.3, 0.4) is 0 Å². The van der Waals surface area contributed by atoms with E-state index in [0.717, 1.165) is 20.9 Å². The third kappa shape index (κ3) is 4.75. The summed E-state index contributed by atoms with van der Waals surface area (Å²) >= 11 is -0.801. The first-order chi connectivity index (χ1) is 27.8. The molecule has 0 spiro atoms. The van der Waals surface area contributed by atoms with Crippen LogP contribution in [-0.4, -0.2) is 17.0 Å². The van der Waals surface area contributed by atoms with Gasteiger partial charge in [-0.15, -0.1) is 0 Å². The summed E-state index contributed by atoms with van der Waals surface area (Å²) < 4.78 is 6.11. The van der Waals surface area contributed by atoms with E-state index >= 15 is 0 Å². The Balaban J connectivity index is 1.16. The molecular formula is C52H32IN3. The molecule has 0 atom stereocenters. The fourth-order valence-corrected chi connectivity index (χ4v) is 11.6. The van der Waals surface area contributed by atoms with E-state index in [1.165, 1.54) is 86.8 Å². The van der Waals surface area contributed by atoms with E-state index in [-0.39, 0.29) is 0 Å². The molecule has 12 rings (SSSR count). The second kappa shape index (κ2) is 12.4. The number of hydrogen-bond donors (Lipinski definition) is 0. The maximum absolute atomic E-state index is 5.73. The van der Waals surface area contributed by atoms with Crippen LogP contribution in [0.25, 0.3) is 86.8 Å². The van der Waals surface area contributed by atoms with Crippen molar-refractivity contribution in [2.45, 2.75) is 0 Å². The summed E-state index contributed by atoms with van der Waals surface area (Å²) in [5, 5.41) is 15.2. The zero-order chi connectivity index (χ0) is 36.7. The van der Waals surface area contributed by atoms with E-state index in [2.05, 4.69) is 201 Å². The molecule has 0 N–H and O–H groups in total. The Labute approximate surface area is 333 Å². The molecule has 0 aliphatic carbocycles. The summed E-state index contributed by atoms with van der Waals surface area (Å²) in [6.07, 6.45) is 0. The van der Waals surface area contributed by atoms with Crippen molar-refractivity contribution in [1.82, 2.24) is 4.57 Å². The van der Waals surface area contributed by atoms with Crippen LogP contribution in [0.1, 0.15) is 5.56 Å². The standard InChI is InChI=1S/C52H32IN3/c1-2-13-33(14-3-1)34-25-27-38(28-26-34)56-51(45-24-12-18-35-15-6-7-19-39(35)45)54-52(53-56)55-47-30-29-44-42-22-9-8-20-40(42)41-21-10-11-23-43(41)49(44)50(47)46-31-36-16-4-5-17-37(36)32-48(46)55/h1-32H. The predicted octanol–water partition coefficient (Wildman–Crippen LogP) is 10.2. The Morgan fingerprint density at radius 2 is 0.964 bits per heavy atom. The molecule has 11 aromatic rings. The van der Waals surface area contributed by atoms with Gasteiger partial charge in [-0.25, -0.2) is 0 Å². The Kier molecular flexibility index (Phi) is 7.05. The number of amidine groups is 1. The molecule has 0 unspecified atom stereocenters. The van der Waals surface area contributed by atoms with E-state index in [0.29, 0.717) is 0 Å². The molecule has 2 heterocycles. The van der Waals surface area contributed by atoms with Gasteiger partial charge in [-0.1, -0.05) is 0 Å². The number of fused-ring (bicyclic) bond motifs is 12. The van der Waals surface area contributed by atoms with Crippen LogP contribution in [-0.2, 0) is 0 Å². The van der Waals surface area contributed by atoms with Crippen LogP contribution >= 0.6 is 0 Å². The molecule has 0 saturated heterocycles. The minimum absolute atomic E-state index is 0.801. The second-order valence-corrected chi connectivity index (χ2v) is 16.9. The maximum atomic E-state index is 5.73. The van der Waals surface area contributed by atoms with Crippen molar-refractivity contribution >= 4 is 91.0 Å². The summed E-state index contributed by atoms with van der Waals surface area (Å²) in [6, 6.07) is 71.0. The molecule has 0 saturated carbocycles. The number of rotatable bonds is 3. The van der Waals surface area contributed by atoms with Crippen LogP contribution in [0.2, 0.25) is 0 Å². The molecule has 10 aromatic carbocycles. The summed E-state index contributed by atoms with van der Waals surface area (Å²) in [5.74, 6) is 1.00. The second-order valence-electron chi connectivity index (χ2n) is 14.5. The fourth-order valence-electron chi connectivity index (χ4n) is 8.91. The first-order valence-electron chi connectivity index (χ1n) is 19.0. The van der Waals surface area contributed by atoms with E-state index in [1.54, 1.807) is 0 Å². The zero-order valence-corrected chi connectivity index (χ0v) is 32.4. The average Bonchev–Trinajstić information content (AvgIpc) is 3.85. The van der Waals surface area contributed by atoms with Gasteiger partial charge >= 0.3 is 336 Å². The van der Waals surface area contributed by atoms with Crippen molar-refractivity contribution in [3.63, 3.8) is 0 Å². The summed E-state index contributed by atoms with van der Waals surface area (Å²) in [4.78, 5) is 5.73. The third-order valence-corrected chi connectivity index (χ3v) is 14.1. The quantitative estimate of drug-likeness (QED) is 0.0961. The van der Waals surface area contributed by atoms with Gasteiger partial charge in [0, 0.05) is 0 Å². The van der Waals surface area contributed by atoms with Gasteiger partial charge in [-0.2, -0.15) is 0 Å². The van der Waals surface area contributed by atoms with E-state index in [4.69, 9.17) is 4.99 Å². The van der Waals surface area contributed by atoms with E-state index in [9.17, 15) is 0 Å². The monoisotopic (exact) mass is 825 g/mol. The molecule has 0 bridgehead atoms. The van der Waals surface area contributed by atoms with Gasteiger partial charge in [-0.3, -0.25) is 0 Å². The van der Waals surface area contributed by atoms with Gasteiger partial charge in [0.05, 0.1) is 0 Å². The van der Waals surface area contributed by atoms with Crippen molar-refractivity contribution in [1.29, 1.82) is 0 Å². The van der Waals surface area contributed by atoms with Gasteiger partial charge in [0.15, 0.2) is 0 Å². The molecule has 1 aromatic heterocycles. The molecule has 1 aliphatic rings. The van der Waals surface area contributed by atoms with Gasteiger partial charge in [0.1, 0.15) is 0 Å². The Morgan fingerprint density at radius 1 is 0.393 bits per heavy atom. The van der Waals surface area contributed by atoms with Crippen molar-refractivity contribution in [2.75, 3.05) is 0 Å². The van der Waals surface area contributed by atoms with E-state index in [1.807, 2.05) is 0 Å². The first-order valence-corrected chi connectivity index (χ1v) is 21.1. The predicted molar refractivity (Wildman–Crippen MR) is 232 cm³/mol. The summed E-state index contributed by atoms with van der Waals surface area (Å²) in [7, 11) is 0. The Bertz CT molecular complexity index is 3440. The van der Waals surface area contributed by atoms with Crippen LogP contribution < -0.4 is 21.5 Å². The molecule has 0 radical (unpaired) electrons. The van der Waals surface area contributed by atoms with Crippen LogP contribution in [0.5, 0.6) is 0 Å². The number of aliphatic imine (C=N–C) groups is 1. The number of benzene rings is 10. The number of nitrogens with zero attached hydrogens (tertiary/aromatic N) is 3. The molecular weight excluding hydrogens is 793 g/mol. The SMILES string of the molecule is c1ccc(-c2ccc([N+]3=C(c4cccc5ccccc45)N=C(n4c5cc6ccccc6cc5c5c6c7ccccc7c7ccccc7c6ccc54)[I-]3)cc2)cc1. The van der Waals surface area contributed by atoms with Gasteiger partial charge < -0.3 is 0 Å². The zero-order valence-electron chi connectivity index (χ0n) is 30.2. The van der Waals surface area contributed by atoms with Crippen molar-refractivity contribution in [3.05, 3.63) is 200 Å². The van der Waals surface area contributed by atoms with Gasteiger partial charge in [0.2, 0.25) is 0 Å². The minimum atomic E-state index is -0.801. The molecule has 4 heteroatoms. The molecule has 0 fully saturated rings. The van der Waals surface area contributed by atoms with Crippen LogP contribution in [0.4, 0.5) is 5.69 Å². The normalized spacial score (nSPS) is 13.5. The van der Waals surface area contributed by atoms with Crippen LogP contribution in [0, 0.1) is 0 Å². The van der Waals surface area contributed by atoms with Crippen molar-refractivity contribution in [3.8, 4) is 11.1 Å². The molecule has 1 aliphatic heterocycles. The number of halogens is 1. The number of aromatic nitrogens is 1. The Hall–Kier alpha value is -6.63. The molecule has 262 valence electrons.